The average molecular weight is 546 g/mol. The zero-order chi connectivity index (χ0) is 21.0. The van der Waals surface area contributed by atoms with E-state index < -0.39 is 10.0 Å². The maximum Gasteiger partial charge on any atom is 0.242 e. The first-order valence-electron chi connectivity index (χ1n) is 9.71. The third-order valence-electron chi connectivity index (χ3n) is 4.28. The molecule has 0 unspecified atom stereocenters. The van der Waals surface area contributed by atoms with Gasteiger partial charge in [-0.05, 0) is 37.6 Å². The molecule has 0 saturated carbocycles. The van der Waals surface area contributed by atoms with Crippen LogP contribution in [-0.4, -0.2) is 59.1 Å². The molecule has 1 aromatic carbocycles. The molecule has 166 valence electrons. The second kappa shape index (κ2) is 14.1. The number of hydrogen-bond acceptors (Lipinski definition) is 5. The predicted molar refractivity (Wildman–Crippen MR) is 133 cm³/mol. The van der Waals surface area contributed by atoms with Gasteiger partial charge in [0.1, 0.15) is 4.90 Å². The summed E-state index contributed by atoms with van der Waals surface area (Å²) >= 11 is 0. The van der Waals surface area contributed by atoms with E-state index in [0.29, 0.717) is 12.5 Å². The van der Waals surface area contributed by atoms with E-state index in [9.17, 15) is 8.42 Å². The van der Waals surface area contributed by atoms with Gasteiger partial charge in [0.05, 0.1) is 0 Å². The monoisotopic (exact) mass is 546 g/mol. The van der Waals surface area contributed by atoms with Gasteiger partial charge in [0, 0.05) is 57.9 Å². The van der Waals surface area contributed by atoms with Crippen LogP contribution < -0.4 is 20.3 Å². The Morgan fingerprint density at radius 2 is 1.80 bits per heavy atom. The van der Waals surface area contributed by atoms with E-state index in [1.54, 1.807) is 13.1 Å². The van der Waals surface area contributed by atoms with Crippen molar-refractivity contribution in [1.29, 1.82) is 0 Å². The van der Waals surface area contributed by atoms with Gasteiger partial charge in [-0.3, -0.25) is 9.98 Å². The predicted octanol–water partition coefficient (Wildman–Crippen LogP) is 2.06. The fraction of sp³-hybridized carbons (Fsp3) is 0.400. The molecule has 0 spiro atoms. The molecule has 8 nitrogen and oxygen atoms in total. The smallest absolute Gasteiger partial charge is 0.242 e. The van der Waals surface area contributed by atoms with Crippen LogP contribution in [0.25, 0.3) is 0 Å². The minimum Gasteiger partial charge on any atom is -0.372 e. The fourth-order valence-electron chi connectivity index (χ4n) is 2.76. The third kappa shape index (κ3) is 8.84. The van der Waals surface area contributed by atoms with Crippen molar-refractivity contribution >= 4 is 45.6 Å². The molecule has 0 saturated heterocycles. The molecule has 0 fully saturated rings. The van der Waals surface area contributed by atoms with Crippen LogP contribution in [0.2, 0.25) is 0 Å². The van der Waals surface area contributed by atoms with E-state index in [1.807, 2.05) is 18.2 Å². The first kappa shape index (κ1) is 26.1. The number of benzene rings is 1. The van der Waals surface area contributed by atoms with Crippen LogP contribution in [0.4, 0.5) is 5.69 Å². The van der Waals surface area contributed by atoms with E-state index in [1.165, 1.54) is 24.1 Å². The van der Waals surface area contributed by atoms with Gasteiger partial charge in [0.2, 0.25) is 10.0 Å². The van der Waals surface area contributed by atoms with Gasteiger partial charge in [0.15, 0.2) is 5.96 Å². The highest BCUT2D eigenvalue weighted by atomic mass is 127. The average Bonchev–Trinajstić information content (AvgIpc) is 2.76. The molecule has 3 N–H and O–H groups in total. The molecule has 2 rings (SSSR count). The molecule has 0 aliphatic heterocycles. The van der Waals surface area contributed by atoms with Gasteiger partial charge in [-0.1, -0.05) is 18.2 Å². The van der Waals surface area contributed by atoms with Gasteiger partial charge in [-0.15, -0.1) is 24.0 Å². The molecule has 1 heterocycles. The highest BCUT2D eigenvalue weighted by Crippen LogP contribution is 2.12. The Morgan fingerprint density at radius 3 is 2.43 bits per heavy atom. The standard InChI is InChI=1S/C20H30N6O2S.HI/c1-3-26(18-9-5-4-6-10-18)16-8-13-23-20(21-2)24-14-15-25-29(27,28)19-11-7-12-22-17-19;/h4-7,9-12,17,25H,3,8,13-16H2,1-2H3,(H2,21,23,24);1H. The van der Waals surface area contributed by atoms with Crippen LogP contribution in [-0.2, 0) is 10.0 Å². The molecule has 30 heavy (non-hydrogen) atoms. The number of halogens is 1. The Morgan fingerprint density at radius 1 is 1.07 bits per heavy atom. The number of nitrogens with zero attached hydrogens (tertiary/aromatic N) is 3. The van der Waals surface area contributed by atoms with E-state index >= 15 is 0 Å². The van der Waals surface area contributed by atoms with Crippen molar-refractivity contribution in [3.8, 4) is 0 Å². The first-order valence-corrected chi connectivity index (χ1v) is 11.2. The summed E-state index contributed by atoms with van der Waals surface area (Å²) in [5.74, 6) is 0.647. The molecule has 10 heteroatoms. The number of para-hydroxylation sites is 1. The summed E-state index contributed by atoms with van der Waals surface area (Å²) in [7, 11) is -1.85. The maximum atomic E-state index is 12.1. The Bertz CT molecular complexity index is 850. The number of hydrogen-bond donors (Lipinski definition) is 3. The van der Waals surface area contributed by atoms with Gasteiger partial charge in [-0.25, -0.2) is 13.1 Å². The second-order valence-electron chi connectivity index (χ2n) is 6.28. The molecular formula is C20H31IN6O2S. The van der Waals surface area contributed by atoms with E-state index in [0.717, 1.165) is 26.1 Å². The normalized spacial score (nSPS) is 11.5. The van der Waals surface area contributed by atoms with Crippen molar-refractivity contribution in [1.82, 2.24) is 20.3 Å². The fourth-order valence-corrected chi connectivity index (χ4v) is 3.76. The lowest BCUT2D eigenvalue weighted by molar-refractivity contribution is 0.580. The molecule has 0 aliphatic rings. The Kier molecular flexibility index (Phi) is 12.3. The minimum absolute atomic E-state index is 0. The third-order valence-corrected chi connectivity index (χ3v) is 5.72. The van der Waals surface area contributed by atoms with E-state index in [4.69, 9.17) is 0 Å². The minimum atomic E-state index is -3.54. The summed E-state index contributed by atoms with van der Waals surface area (Å²) in [5.41, 5.74) is 1.22. The molecule has 0 bridgehead atoms. The zero-order valence-corrected chi connectivity index (χ0v) is 20.6. The SMILES string of the molecule is CCN(CCCNC(=NC)NCCNS(=O)(=O)c1cccnc1)c1ccccc1.I. The zero-order valence-electron chi connectivity index (χ0n) is 17.4. The van der Waals surface area contributed by atoms with Gasteiger partial charge < -0.3 is 15.5 Å². The van der Waals surface area contributed by atoms with Crippen molar-refractivity contribution in [2.45, 2.75) is 18.2 Å². The van der Waals surface area contributed by atoms with E-state index in [-0.39, 0.29) is 35.4 Å². The largest absolute Gasteiger partial charge is 0.372 e. The van der Waals surface area contributed by atoms with Crippen molar-refractivity contribution < 1.29 is 8.42 Å². The quantitative estimate of drug-likeness (QED) is 0.173. The van der Waals surface area contributed by atoms with Crippen LogP contribution in [0.1, 0.15) is 13.3 Å². The molecule has 2 aromatic rings. The van der Waals surface area contributed by atoms with Crippen LogP contribution in [0.3, 0.4) is 0 Å². The van der Waals surface area contributed by atoms with Crippen molar-refractivity contribution in [2.75, 3.05) is 44.7 Å². The lowest BCUT2D eigenvalue weighted by atomic mass is 10.2. The Balaban J connectivity index is 0.00000450. The van der Waals surface area contributed by atoms with Crippen LogP contribution in [0.5, 0.6) is 0 Å². The lowest BCUT2D eigenvalue weighted by Gasteiger charge is -2.23. The second-order valence-corrected chi connectivity index (χ2v) is 8.05. The van der Waals surface area contributed by atoms with E-state index in [2.05, 4.69) is 49.3 Å². The Labute approximate surface area is 196 Å². The number of rotatable bonds is 11. The molecule has 0 atom stereocenters. The molecule has 0 amide bonds. The topological polar surface area (TPSA) is 98.7 Å². The summed E-state index contributed by atoms with van der Waals surface area (Å²) in [6.45, 7) is 5.47. The molecule has 1 aromatic heterocycles. The first-order chi connectivity index (χ1) is 14.1. The highest BCUT2D eigenvalue weighted by molar-refractivity contribution is 14.0. The molecule has 0 aliphatic carbocycles. The van der Waals surface area contributed by atoms with Crippen molar-refractivity contribution in [3.63, 3.8) is 0 Å². The summed E-state index contributed by atoms with van der Waals surface area (Å²) < 4.78 is 26.8. The Hall–Kier alpha value is -1.92. The van der Waals surface area contributed by atoms with Crippen LogP contribution in [0.15, 0.2) is 64.7 Å². The number of guanidine groups is 1. The van der Waals surface area contributed by atoms with Crippen molar-refractivity contribution in [3.05, 3.63) is 54.9 Å². The van der Waals surface area contributed by atoms with Crippen LogP contribution >= 0.6 is 24.0 Å². The summed E-state index contributed by atoms with van der Waals surface area (Å²) in [4.78, 5) is 10.5. The number of anilines is 1. The van der Waals surface area contributed by atoms with Crippen molar-refractivity contribution in [2.24, 2.45) is 4.99 Å². The maximum absolute atomic E-state index is 12.1. The summed E-state index contributed by atoms with van der Waals surface area (Å²) in [6, 6.07) is 13.4. The van der Waals surface area contributed by atoms with Gasteiger partial charge in [-0.2, -0.15) is 0 Å². The number of nitrogens with one attached hydrogen (secondary N) is 3. The summed E-state index contributed by atoms with van der Waals surface area (Å²) in [6.07, 6.45) is 3.82. The lowest BCUT2D eigenvalue weighted by Crippen LogP contribution is -2.42. The van der Waals surface area contributed by atoms with Crippen LogP contribution in [0, 0.1) is 0 Å². The molecule has 0 radical (unpaired) electrons. The van der Waals surface area contributed by atoms with Gasteiger partial charge >= 0.3 is 0 Å². The van der Waals surface area contributed by atoms with Gasteiger partial charge in [0.25, 0.3) is 0 Å². The summed E-state index contributed by atoms with van der Waals surface area (Å²) in [5, 5.41) is 6.36. The number of pyridine rings is 1. The highest BCUT2D eigenvalue weighted by Gasteiger charge is 2.12. The number of aromatic nitrogens is 1. The number of sulfonamides is 1. The molecular weight excluding hydrogens is 515 g/mol. The number of aliphatic imine (C=N–C) groups is 1.